The molecule has 0 saturated carbocycles. The molecule has 2 aromatic carbocycles. The summed E-state index contributed by atoms with van der Waals surface area (Å²) in [4.78, 5) is 0. The molecule has 1 spiro atoms. The summed E-state index contributed by atoms with van der Waals surface area (Å²) in [5.74, 6) is 1.04. The Morgan fingerprint density at radius 1 is 1.00 bits per heavy atom. The number of benzene rings is 2. The number of aromatic hydroxyl groups is 2. The third-order valence-corrected chi connectivity index (χ3v) is 5.65. The minimum absolute atomic E-state index is 0.0566. The van der Waals surface area contributed by atoms with Crippen molar-refractivity contribution in [3.63, 3.8) is 0 Å². The first-order valence-electron chi connectivity index (χ1n) is 7.86. The summed E-state index contributed by atoms with van der Waals surface area (Å²) in [6.07, 6.45) is 4.18. The van der Waals surface area contributed by atoms with Crippen LogP contribution >= 0.6 is 0 Å². The number of phenols is 2. The van der Waals surface area contributed by atoms with Gasteiger partial charge in [0.1, 0.15) is 11.5 Å². The highest BCUT2D eigenvalue weighted by Crippen LogP contribution is 2.61. The number of allylic oxidation sites excluding steroid dienone is 2. The van der Waals surface area contributed by atoms with Gasteiger partial charge in [-0.25, -0.2) is 0 Å². The third kappa shape index (κ3) is 1.61. The molecule has 2 aromatic rings. The molecule has 0 aromatic heterocycles. The summed E-state index contributed by atoms with van der Waals surface area (Å²) in [6, 6.07) is 11.5. The van der Waals surface area contributed by atoms with Gasteiger partial charge in [0.25, 0.3) is 0 Å². The van der Waals surface area contributed by atoms with Crippen LogP contribution in [-0.2, 0) is 12.8 Å². The van der Waals surface area contributed by atoms with Crippen LogP contribution in [0.2, 0.25) is 0 Å². The first kappa shape index (κ1) is 13.4. The van der Waals surface area contributed by atoms with E-state index in [1.807, 2.05) is 18.2 Å². The summed E-state index contributed by atoms with van der Waals surface area (Å²) in [5.41, 5.74) is 6.53. The molecule has 0 heterocycles. The van der Waals surface area contributed by atoms with Crippen molar-refractivity contribution >= 4 is 5.57 Å². The van der Waals surface area contributed by atoms with Crippen molar-refractivity contribution in [2.45, 2.75) is 32.6 Å². The molecule has 0 bridgehead atoms. The van der Waals surface area contributed by atoms with Gasteiger partial charge in [-0.1, -0.05) is 25.1 Å². The average molecular weight is 292 g/mol. The second-order valence-corrected chi connectivity index (χ2v) is 6.66. The van der Waals surface area contributed by atoms with Crippen molar-refractivity contribution in [1.82, 2.24) is 0 Å². The Balaban J connectivity index is 1.88. The lowest BCUT2D eigenvalue weighted by Gasteiger charge is -2.31. The fourth-order valence-corrected chi connectivity index (χ4v) is 4.58. The predicted molar refractivity (Wildman–Crippen MR) is 88.1 cm³/mol. The van der Waals surface area contributed by atoms with Crippen LogP contribution in [0, 0.1) is 5.41 Å². The molecule has 2 atom stereocenters. The largest absolute Gasteiger partial charge is 0.508 e. The van der Waals surface area contributed by atoms with Crippen molar-refractivity contribution in [3.05, 3.63) is 64.7 Å². The van der Waals surface area contributed by atoms with Gasteiger partial charge in [-0.15, -0.1) is 0 Å². The van der Waals surface area contributed by atoms with E-state index in [-0.39, 0.29) is 5.41 Å². The van der Waals surface area contributed by atoms with Gasteiger partial charge >= 0.3 is 0 Å². The number of hydrogen-bond acceptors (Lipinski definition) is 2. The molecule has 0 aliphatic heterocycles. The minimum atomic E-state index is 0.0566. The van der Waals surface area contributed by atoms with Crippen LogP contribution in [0.5, 0.6) is 11.5 Å². The number of rotatable bonds is 0. The molecule has 2 unspecified atom stereocenters. The minimum Gasteiger partial charge on any atom is -0.508 e. The van der Waals surface area contributed by atoms with Gasteiger partial charge in [-0.05, 0) is 77.8 Å². The van der Waals surface area contributed by atoms with Gasteiger partial charge in [-0.3, -0.25) is 0 Å². The summed E-state index contributed by atoms with van der Waals surface area (Å²) < 4.78 is 0. The van der Waals surface area contributed by atoms with Gasteiger partial charge in [-0.2, -0.15) is 0 Å². The number of hydrogen-bond donors (Lipinski definition) is 2. The summed E-state index contributed by atoms with van der Waals surface area (Å²) in [6.45, 7) is 4.37. The summed E-state index contributed by atoms with van der Waals surface area (Å²) in [5, 5.41) is 19.6. The fourth-order valence-electron chi connectivity index (χ4n) is 4.58. The van der Waals surface area contributed by atoms with Crippen LogP contribution in [0.15, 0.2) is 42.5 Å². The lowest BCUT2D eigenvalue weighted by atomic mass is 9.72. The Morgan fingerprint density at radius 2 is 1.68 bits per heavy atom. The van der Waals surface area contributed by atoms with Crippen LogP contribution in [-0.4, -0.2) is 10.2 Å². The van der Waals surface area contributed by atoms with Gasteiger partial charge in [0.05, 0.1) is 0 Å². The van der Waals surface area contributed by atoms with E-state index >= 15 is 0 Å². The summed E-state index contributed by atoms with van der Waals surface area (Å²) >= 11 is 0. The quantitative estimate of drug-likeness (QED) is 0.755. The molecule has 2 N–H and O–H groups in total. The molecule has 0 amide bonds. The Morgan fingerprint density at radius 3 is 2.45 bits per heavy atom. The first-order valence-corrected chi connectivity index (χ1v) is 7.86. The highest BCUT2D eigenvalue weighted by Gasteiger charge is 2.50. The Labute approximate surface area is 130 Å². The first-order chi connectivity index (χ1) is 10.5. The molecule has 2 nitrogen and oxygen atoms in total. The van der Waals surface area contributed by atoms with E-state index in [0.29, 0.717) is 17.4 Å². The van der Waals surface area contributed by atoms with Crippen molar-refractivity contribution in [1.29, 1.82) is 0 Å². The number of phenolic OH excluding ortho intramolecular Hbond substituents is 2. The topological polar surface area (TPSA) is 40.5 Å². The maximum atomic E-state index is 9.86. The van der Waals surface area contributed by atoms with E-state index in [1.165, 1.54) is 27.8 Å². The smallest absolute Gasteiger partial charge is 0.115 e. The fraction of sp³-hybridized carbons (Fsp3) is 0.300. The molecular formula is C20H20O2. The highest BCUT2D eigenvalue weighted by molar-refractivity contribution is 5.81. The van der Waals surface area contributed by atoms with Crippen LogP contribution in [0.25, 0.3) is 5.57 Å². The molecule has 2 heteroatoms. The van der Waals surface area contributed by atoms with E-state index in [4.69, 9.17) is 0 Å². The second kappa shape index (κ2) is 4.39. The van der Waals surface area contributed by atoms with Crippen molar-refractivity contribution < 1.29 is 10.2 Å². The van der Waals surface area contributed by atoms with Crippen LogP contribution in [0.4, 0.5) is 0 Å². The molecule has 0 saturated heterocycles. The second-order valence-electron chi connectivity index (χ2n) is 6.66. The Hall–Kier alpha value is -2.22. The molecule has 112 valence electrons. The third-order valence-electron chi connectivity index (χ3n) is 5.65. The molecule has 0 fully saturated rings. The lowest BCUT2D eigenvalue weighted by molar-refractivity contribution is 0.369. The van der Waals surface area contributed by atoms with Crippen LogP contribution in [0.3, 0.4) is 0 Å². The highest BCUT2D eigenvalue weighted by atomic mass is 16.3. The Bertz CT molecular complexity index is 803. The molecular weight excluding hydrogens is 272 g/mol. The van der Waals surface area contributed by atoms with Crippen molar-refractivity contribution in [2.75, 3.05) is 0 Å². The summed E-state index contributed by atoms with van der Waals surface area (Å²) in [7, 11) is 0. The normalized spacial score (nSPS) is 27.4. The van der Waals surface area contributed by atoms with Gasteiger partial charge < -0.3 is 10.2 Å². The van der Waals surface area contributed by atoms with E-state index in [0.717, 1.165) is 12.8 Å². The number of fused-ring (bicyclic) bond motifs is 2. The standard InChI is InChI=1S/C20H20O2/c1-3-19-17-7-6-16(22)9-18(17)12(2)20(19)10-13-4-5-15(21)8-14(13)11-20/h3-9,12,21-22H,10-11H2,1-2H3/b19-3-. The SMILES string of the molecule is C/C=C1/c2ccc(O)cc2C(C)C12Cc1ccc(O)cc1C2. The zero-order valence-corrected chi connectivity index (χ0v) is 12.9. The molecule has 4 rings (SSSR count). The van der Waals surface area contributed by atoms with Crippen molar-refractivity contribution in [2.24, 2.45) is 5.41 Å². The molecule has 2 aliphatic rings. The van der Waals surface area contributed by atoms with Crippen molar-refractivity contribution in [3.8, 4) is 11.5 Å². The van der Waals surface area contributed by atoms with Crippen LogP contribution < -0.4 is 0 Å². The molecule has 2 aliphatic carbocycles. The van der Waals surface area contributed by atoms with E-state index in [2.05, 4.69) is 26.0 Å². The monoisotopic (exact) mass is 292 g/mol. The zero-order valence-electron chi connectivity index (χ0n) is 12.9. The van der Waals surface area contributed by atoms with Gasteiger partial charge in [0.2, 0.25) is 0 Å². The van der Waals surface area contributed by atoms with E-state index in [9.17, 15) is 10.2 Å². The molecule has 0 radical (unpaired) electrons. The zero-order chi connectivity index (χ0) is 15.5. The van der Waals surface area contributed by atoms with Crippen LogP contribution in [0.1, 0.15) is 42.0 Å². The molecule has 22 heavy (non-hydrogen) atoms. The predicted octanol–water partition coefficient (Wildman–Crippen LogP) is 4.40. The maximum Gasteiger partial charge on any atom is 0.115 e. The maximum absolute atomic E-state index is 9.86. The van der Waals surface area contributed by atoms with E-state index in [1.54, 1.807) is 12.1 Å². The average Bonchev–Trinajstić information content (AvgIpc) is 2.96. The van der Waals surface area contributed by atoms with Gasteiger partial charge in [0, 0.05) is 5.41 Å². The van der Waals surface area contributed by atoms with Gasteiger partial charge in [0.15, 0.2) is 0 Å². The lowest BCUT2D eigenvalue weighted by Crippen LogP contribution is -2.24. The Kier molecular flexibility index (Phi) is 2.68. The van der Waals surface area contributed by atoms with E-state index < -0.39 is 0 Å².